The summed E-state index contributed by atoms with van der Waals surface area (Å²) < 4.78 is 25.7. The molecule has 2 rings (SSSR count). The first kappa shape index (κ1) is 9.98. The third-order valence-electron chi connectivity index (χ3n) is 1.87. The molecule has 2 aromatic rings. The Labute approximate surface area is 89.0 Å². The molecule has 0 aliphatic heterocycles. The number of hydrogen-bond acceptors (Lipinski definition) is 2. The van der Waals surface area contributed by atoms with Gasteiger partial charge in [0.2, 0.25) is 5.78 Å². The van der Waals surface area contributed by atoms with Gasteiger partial charge in [-0.05, 0) is 23.6 Å². The van der Waals surface area contributed by atoms with Crippen LogP contribution >= 0.6 is 11.3 Å². The normalized spacial score (nSPS) is 10.3. The molecule has 0 atom stereocenters. The van der Waals surface area contributed by atoms with Crippen LogP contribution in [0.5, 0.6) is 0 Å². The maximum absolute atomic E-state index is 12.8. The molecule has 0 saturated heterocycles. The Kier molecular flexibility index (Phi) is 2.60. The largest absolute Gasteiger partial charge is 0.288 e. The van der Waals surface area contributed by atoms with Gasteiger partial charge < -0.3 is 0 Å². The van der Waals surface area contributed by atoms with Crippen LogP contribution in [0.15, 0.2) is 35.7 Å². The molecule has 1 nitrogen and oxygen atoms in total. The Bertz CT molecular complexity index is 471. The molecule has 0 N–H and O–H groups in total. The van der Waals surface area contributed by atoms with Crippen molar-refractivity contribution >= 4 is 17.1 Å². The van der Waals surface area contributed by atoms with Crippen molar-refractivity contribution in [3.05, 3.63) is 57.8 Å². The number of ketones is 1. The Morgan fingerprint density at radius 3 is 2.33 bits per heavy atom. The van der Waals surface area contributed by atoms with E-state index < -0.39 is 11.6 Å². The second-order valence-corrected chi connectivity index (χ2v) is 3.91. The number of carbonyl (C=O) groups is 1. The molecule has 1 aromatic heterocycles. The number of halogens is 2. The van der Waals surface area contributed by atoms with Crippen molar-refractivity contribution in [3.8, 4) is 0 Å². The van der Waals surface area contributed by atoms with Gasteiger partial charge in [0.15, 0.2) is 0 Å². The highest BCUT2D eigenvalue weighted by atomic mass is 32.1. The van der Waals surface area contributed by atoms with E-state index in [4.69, 9.17) is 0 Å². The lowest BCUT2D eigenvalue weighted by Crippen LogP contribution is -2.00. The van der Waals surface area contributed by atoms with Crippen molar-refractivity contribution in [2.45, 2.75) is 0 Å². The van der Waals surface area contributed by atoms with Gasteiger partial charge >= 0.3 is 0 Å². The summed E-state index contributed by atoms with van der Waals surface area (Å²) in [6.07, 6.45) is 0. The molecule has 0 saturated carbocycles. The van der Waals surface area contributed by atoms with E-state index in [0.717, 1.165) is 18.2 Å². The van der Waals surface area contributed by atoms with Crippen LogP contribution in [-0.4, -0.2) is 5.78 Å². The molecule has 0 bridgehead atoms. The van der Waals surface area contributed by atoms with Crippen molar-refractivity contribution in [1.82, 2.24) is 0 Å². The zero-order valence-corrected chi connectivity index (χ0v) is 8.35. The van der Waals surface area contributed by atoms with Gasteiger partial charge in [0.1, 0.15) is 11.6 Å². The van der Waals surface area contributed by atoms with Gasteiger partial charge in [0.25, 0.3) is 0 Å². The summed E-state index contributed by atoms with van der Waals surface area (Å²) in [6.45, 7) is 0. The van der Waals surface area contributed by atoms with Crippen LogP contribution in [0.4, 0.5) is 8.78 Å². The molecule has 1 aromatic carbocycles. The lowest BCUT2D eigenvalue weighted by Gasteiger charge is -1.98. The van der Waals surface area contributed by atoms with Crippen molar-refractivity contribution in [2.75, 3.05) is 0 Å². The summed E-state index contributed by atoms with van der Waals surface area (Å²) in [4.78, 5) is 12.2. The number of thiophene rings is 1. The predicted octanol–water partition coefficient (Wildman–Crippen LogP) is 3.26. The first-order valence-corrected chi connectivity index (χ1v) is 5.09. The van der Waals surface area contributed by atoms with Gasteiger partial charge in [-0.1, -0.05) is 6.07 Å². The summed E-state index contributed by atoms with van der Waals surface area (Å²) in [5.74, 6) is -1.84. The Balaban J connectivity index is 2.42. The van der Waals surface area contributed by atoms with Crippen molar-refractivity contribution in [1.29, 1.82) is 0 Å². The van der Waals surface area contributed by atoms with Crippen LogP contribution in [-0.2, 0) is 0 Å². The number of rotatable bonds is 2. The predicted molar refractivity (Wildman–Crippen MR) is 54.1 cm³/mol. The van der Waals surface area contributed by atoms with Gasteiger partial charge in [-0.2, -0.15) is 0 Å². The van der Waals surface area contributed by atoms with E-state index >= 15 is 0 Å². The number of benzene rings is 1. The van der Waals surface area contributed by atoms with E-state index in [-0.39, 0.29) is 11.3 Å². The van der Waals surface area contributed by atoms with E-state index in [1.54, 1.807) is 17.5 Å². The lowest BCUT2D eigenvalue weighted by atomic mass is 10.1. The van der Waals surface area contributed by atoms with E-state index in [1.807, 2.05) is 0 Å². The molecule has 0 aliphatic rings. The molecule has 4 heteroatoms. The highest BCUT2D eigenvalue weighted by Crippen LogP contribution is 2.16. The fourth-order valence-electron chi connectivity index (χ4n) is 1.23. The van der Waals surface area contributed by atoms with Gasteiger partial charge in [0, 0.05) is 11.6 Å². The molecule has 15 heavy (non-hydrogen) atoms. The Morgan fingerprint density at radius 2 is 1.80 bits per heavy atom. The first-order valence-electron chi connectivity index (χ1n) is 4.21. The van der Waals surface area contributed by atoms with Crippen LogP contribution in [0.2, 0.25) is 0 Å². The zero-order valence-electron chi connectivity index (χ0n) is 7.54. The molecule has 0 amide bonds. The monoisotopic (exact) mass is 224 g/mol. The molecular formula is C11H6F2OS. The van der Waals surface area contributed by atoms with Crippen molar-refractivity contribution in [2.24, 2.45) is 0 Å². The molecular weight excluding hydrogens is 218 g/mol. The average molecular weight is 224 g/mol. The molecule has 0 radical (unpaired) electrons. The van der Waals surface area contributed by atoms with Gasteiger partial charge in [0.05, 0.1) is 4.88 Å². The Morgan fingerprint density at radius 1 is 1.13 bits per heavy atom. The fourth-order valence-corrected chi connectivity index (χ4v) is 1.92. The third kappa shape index (κ3) is 2.10. The minimum Gasteiger partial charge on any atom is -0.288 e. The van der Waals surface area contributed by atoms with Crippen LogP contribution in [0.25, 0.3) is 0 Å². The van der Waals surface area contributed by atoms with E-state index in [0.29, 0.717) is 4.88 Å². The lowest BCUT2D eigenvalue weighted by molar-refractivity contribution is 0.104. The summed E-state index contributed by atoms with van der Waals surface area (Å²) in [5, 5.41) is 1.74. The van der Waals surface area contributed by atoms with Gasteiger partial charge in [-0.15, -0.1) is 11.3 Å². The van der Waals surface area contributed by atoms with Crippen LogP contribution in [0, 0.1) is 11.6 Å². The molecule has 76 valence electrons. The SMILES string of the molecule is O=C(c1cc(F)cc(F)c1)c1cccs1. The maximum atomic E-state index is 12.8. The van der Waals surface area contributed by atoms with Crippen LogP contribution in [0.1, 0.15) is 15.2 Å². The molecule has 0 unspecified atom stereocenters. The number of hydrogen-bond donors (Lipinski definition) is 0. The van der Waals surface area contributed by atoms with Crippen LogP contribution in [0.3, 0.4) is 0 Å². The standard InChI is InChI=1S/C11H6F2OS/c12-8-4-7(5-9(13)6-8)11(14)10-2-1-3-15-10/h1-6H. The Hall–Kier alpha value is -1.55. The molecule has 1 heterocycles. The van der Waals surface area contributed by atoms with E-state index in [2.05, 4.69) is 0 Å². The van der Waals surface area contributed by atoms with Crippen molar-refractivity contribution < 1.29 is 13.6 Å². The highest BCUT2D eigenvalue weighted by Gasteiger charge is 2.12. The topological polar surface area (TPSA) is 17.1 Å². The quantitative estimate of drug-likeness (QED) is 0.715. The van der Waals surface area contributed by atoms with Crippen LogP contribution < -0.4 is 0 Å². The van der Waals surface area contributed by atoms with Gasteiger partial charge in [-0.25, -0.2) is 8.78 Å². The zero-order chi connectivity index (χ0) is 10.8. The molecule has 0 spiro atoms. The summed E-state index contributed by atoms with van der Waals surface area (Å²) in [6, 6.07) is 6.14. The average Bonchev–Trinajstić information content (AvgIpc) is 2.67. The summed E-state index contributed by atoms with van der Waals surface area (Å²) >= 11 is 1.24. The minimum absolute atomic E-state index is 0.0370. The first-order chi connectivity index (χ1) is 7.16. The third-order valence-corrected chi connectivity index (χ3v) is 2.74. The van der Waals surface area contributed by atoms with Crippen molar-refractivity contribution in [3.63, 3.8) is 0 Å². The number of carbonyl (C=O) groups excluding carboxylic acids is 1. The second-order valence-electron chi connectivity index (χ2n) is 2.96. The van der Waals surface area contributed by atoms with Gasteiger partial charge in [-0.3, -0.25) is 4.79 Å². The fraction of sp³-hybridized carbons (Fsp3) is 0. The maximum Gasteiger partial charge on any atom is 0.203 e. The molecule has 0 fully saturated rings. The summed E-state index contributed by atoms with van der Waals surface area (Å²) in [7, 11) is 0. The second kappa shape index (κ2) is 3.90. The van der Waals surface area contributed by atoms with E-state index in [1.165, 1.54) is 11.3 Å². The smallest absolute Gasteiger partial charge is 0.203 e. The molecule has 0 aliphatic carbocycles. The summed E-state index contributed by atoms with van der Waals surface area (Å²) in [5.41, 5.74) is 0.0370. The van der Waals surface area contributed by atoms with E-state index in [9.17, 15) is 13.6 Å². The minimum atomic E-state index is -0.741. The highest BCUT2D eigenvalue weighted by molar-refractivity contribution is 7.12.